The molecule has 1 aromatic heterocycles. The zero-order chi connectivity index (χ0) is 11.1. The lowest BCUT2D eigenvalue weighted by atomic mass is 9.68. The van der Waals surface area contributed by atoms with Gasteiger partial charge in [0.05, 0.1) is 12.0 Å². The fourth-order valence-corrected chi connectivity index (χ4v) is 1.86. The molecule has 1 fully saturated rings. The van der Waals surface area contributed by atoms with Crippen LogP contribution in [0.5, 0.6) is 0 Å². The number of hydrogen-bond acceptors (Lipinski definition) is 2. The molecule has 1 aromatic rings. The highest BCUT2D eigenvalue weighted by atomic mass is 19.4. The molecule has 0 saturated heterocycles. The highest BCUT2D eigenvalue weighted by Gasteiger charge is 2.43. The Kier molecular flexibility index (Phi) is 2.30. The van der Waals surface area contributed by atoms with Crippen LogP contribution in [0.15, 0.2) is 16.5 Å². The van der Waals surface area contributed by atoms with Crippen molar-refractivity contribution in [2.24, 2.45) is 0 Å². The molecule has 15 heavy (non-hydrogen) atoms. The van der Waals surface area contributed by atoms with E-state index >= 15 is 0 Å². The van der Waals surface area contributed by atoms with E-state index in [4.69, 9.17) is 9.52 Å². The van der Waals surface area contributed by atoms with Crippen LogP contribution in [0.2, 0.25) is 0 Å². The van der Waals surface area contributed by atoms with Crippen LogP contribution >= 0.6 is 0 Å². The molecule has 1 saturated carbocycles. The summed E-state index contributed by atoms with van der Waals surface area (Å²) < 4.78 is 41.5. The van der Waals surface area contributed by atoms with Gasteiger partial charge in [-0.15, -0.1) is 0 Å². The lowest BCUT2D eigenvalue weighted by Crippen LogP contribution is -2.37. The first-order valence-electron chi connectivity index (χ1n) is 4.76. The third-order valence-corrected chi connectivity index (χ3v) is 3.02. The highest BCUT2D eigenvalue weighted by Crippen LogP contribution is 2.45. The molecule has 0 radical (unpaired) electrons. The Labute approximate surface area is 84.7 Å². The zero-order valence-electron chi connectivity index (χ0n) is 7.97. The molecule has 1 N–H and O–H groups in total. The Balaban J connectivity index is 2.27. The van der Waals surface area contributed by atoms with E-state index in [1.807, 2.05) is 0 Å². The number of aliphatic hydroxyl groups is 1. The van der Waals surface area contributed by atoms with Crippen molar-refractivity contribution < 1.29 is 22.7 Å². The number of rotatable bonds is 2. The van der Waals surface area contributed by atoms with Crippen LogP contribution < -0.4 is 0 Å². The minimum absolute atomic E-state index is 0.155. The summed E-state index contributed by atoms with van der Waals surface area (Å²) in [5.74, 6) is -0.735. The Morgan fingerprint density at radius 2 is 2.00 bits per heavy atom. The van der Waals surface area contributed by atoms with Crippen molar-refractivity contribution in [2.45, 2.75) is 30.9 Å². The molecular formula is C10H11F3O2. The summed E-state index contributed by atoms with van der Waals surface area (Å²) in [7, 11) is 0. The third kappa shape index (κ3) is 1.65. The van der Waals surface area contributed by atoms with Crippen LogP contribution in [0.3, 0.4) is 0 Å². The van der Waals surface area contributed by atoms with Gasteiger partial charge in [-0.05, 0) is 25.0 Å². The number of furan rings is 1. The second kappa shape index (κ2) is 3.27. The molecule has 1 aliphatic carbocycles. The zero-order valence-corrected chi connectivity index (χ0v) is 7.97. The molecule has 1 heterocycles. The van der Waals surface area contributed by atoms with Crippen molar-refractivity contribution in [2.75, 3.05) is 6.61 Å². The van der Waals surface area contributed by atoms with Crippen molar-refractivity contribution in [1.82, 2.24) is 0 Å². The Bertz CT molecular complexity index is 344. The first-order chi connectivity index (χ1) is 6.98. The normalized spacial score (nSPS) is 20.0. The maximum atomic E-state index is 12.3. The van der Waals surface area contributed by atoms with Crippen LogP contribution in [0, 0.1) is 0 Å². The second-order valence-corrected chi connectivity index (χ2v) is 3.95. The Morgan fingerprint density at radius 1 is 1.33 bits per heavy atom. The summed E-state index contributed by atoms with van der Waals surface area (Å²) in [6.07, 6.45) is -2.15. The molecule has 5 heteroatoms. The summed E-state index contributed by atoms with van der Waals surface area (Å²) in [6.45, 7) is -0.155. The first-order valence-corrected chi connectivity index (χ1v) is 4.76. The van der Waals surface area contributed by atoms with E-state index in [2.05, 4.69) is 0 Å². The van der Waals surface area contributed by atoms with E-state index in [1.54, 1.807) is 0 Å². The van der Waals surface area contributed by atoms with Gasteiger partial charge in [0.15, 0.2) is 0 Å². The number of aliphatic hydroxyl groups excluding tert-OH is 1. The van der Waals surface area contributed by atoms with Gasteiger partial charge in [-0.2, -0.15) is 13.2 Å². The Hall–Kier alpha value is -0.970. The molecule has 0 atom stereocenters. The highest BCUT2D eigenvalue weighted by molar-refractivity contribution is 5.21. The van der Waals surface area contributed by atoms with Crippen molar-refractivity contribution >= 4 is 0 Å². The van der Waals surface area contributed by atoms with E-state index in [0.29, 0.717) is 12.8 Å². The fourth-order valence-electron chi connectivity index (χ4n) is 1.86. The van der Waals surface area contributed by atoms with Crippen molar-refractivity contribution in [3.8, 4) is 0 Å². The summed E-state index contributed by atoms with van der Waals surface area (Å²) in [5, 5.41) is 9.16. The van der Waals surface area contributed by atoms with Crippen LogP contribution in [-0.2, 0) is 11.6 Å². The Morgan fingerprint density at radius 3 is 2.33 bits per heavy atom. The van der Waals surface area contributed by atoms with E-state index in [1.165, 1.54) is 6.07 Å². The maximum absolute atomic E-state index is 12.3. The van der Waals surface area contributed by atoms with E-state index in [0.717, 1.165) is 12.5 Å². The van der Waals surface area contributed by atoms with Crippen molar-refractivity contribution in [3.63, 3.8) is 0 Å². The first kappa shape index (κ1) is 10.5. The van der Waals surface area contributed by atoms with Crippen molar-refractivity contribution in [1.29, 1.82) is 0 Å². The van der Waals surface area contributed by atoms with Crippen molar-refractivity contribution in [3.05, 3.63) is 23.7 Å². The lowest BCUT2D eigenvalue weighted by molar-refractivity contribution is -0.154. The average molecular weight is 220 g/mol. The van der Waals surface area contributed by atoms with Crippen LogP contribution in [0.25, 0.3) is 0 Å². The smallest absolute Gasteiger partial charge is 0.449 e. The van der Waals surface area contributed by atoms with Crippen LogP contribution in [0.1, 0.15) is 30.8 Å². The molecule has 1 aliphatic rings. The number of alkyl halides is 3. The molecule has 0 aliphatic heterocycles. The number of hydrogen-bond donors (Lipinski definition) is 1. The predicted octanol–water partition coefficient (Wildman–Crippen LogP) is 2.71. The van der Waals surface area contributed by atoms with E-state index in [9.17, 15) is 13.2 Å². The molecule has 0 bridgehead atoms. The maximum Gasteiger partial charge on any atom is 0.449 e. The molecule has 0 aromatic carbocycles. The van der Waals surface area contributed by atoms with E-state index in [-0.39, 0.29) is 12.4 Å². The van der Waals surface area contributed by atoms with Gasteiger partial charge < -0.3 is 9.52 Å². The minimum Gasteiger partial charge on any atom is -0.456 e. The van der Waals surface area contributed by atoms with Gasteiger partial charge in [0.2, 0.25) is 5.76 Å². The molecule has 84 valence electrons. The third-order valence-electron chi connectivity index (χ3n) is 3.02. The average Bonchev–Trinajstić information content (AvgIpc) is 2.51. The predicted molar refractivity (Wildman–Crippen MR) is 46.3 cm³/mol. The molecule has 2 rings (SSSR count). The van der Waals surface area contributed by atoms with Gasteiger partial charge in [0.25, 0.3) is 0 Å². The van der Waals surface area contributed by atoms with Gasteiger partial charge in [0, 0.05) is 0 Å². The molecule has 0 spiro atoms. The summed E-state index contributed by atoms with van der Waals surface area (Å²) in [6, 6.07) is 2.24. The minimum atomic E-state index is -4.45. The topological polar surface area (TPSA) is 33.4 Å². The largest absolute Gasteiger partial charge is 0.456 e. The fraction of sp³-hybridized carbons (Fsp3) is 0.600. The summed E-state index contributed by atoms with van der Waals surface area (Å²) >= 11 is 0. The van der Waals surface area contributed by atoms with Crippen LogP contribution in [0.4, 0.5) is 13.2 Å². The standard InChI is InChI=1S/C10H11F3O2/c11-10(12,13)8-3-2-7(15-8)9(6-14)4-1-5-9/h2-3,14H,1,4-6H2. The SMILES string of the molecule is OCC1(c2ccc(C(F)(F)F)o2)CCC1. The number of halogens is 3. The monoisotopic (exact) mass is 220 g/mol. The molecule has 2 nitrogen and oxygen atoms in total. The summed E-state index contributed by atoms with van der Waals surface area (Å²) in [4.78, 5) is 0. The van der Waals surface area contributed by atoms with Gasteiger partial charge in [-0.25, -0.2) is 0 Å². The summed E-state index contributed by atoms with van der Waals surface area (Å²) in [5.41, 5.74) is -0.566. The van der Waals surface area contributed by atoms with Gasteiger partial charge in [0.1, 0.15) is 5.76 Å². The quantitative estimate of drug-likeness (QED) is 0.831. The lowest BCUT2D eigenvalue weighted by Gasteiger charge is -2.38. The molecule has 0 unspecified atom stereocenters. The van der Waals surface area contributed by atoms with Gasteiger partial charge in [-0.1, -0.05) is 6.42 Å². The van der Waals surface area contributed by atoms with Gasteiger partial charge in [-0.3, -0.25) is 0 Å². The van der Waals surface area contributed by atoms with E-state index < -0.39 is 17.4 Å². The van der Waals surface area contributed by atoms with Gasteiger partial charge >= 0.3 is 6.18 Å². The second-order valence-electron chi connectivity index (χ2n) is 3.95. The van der Waals surface area contributed by atoms with Crippen LogP contribution in [-0.4, -0.2) is 11.7 Å². The molecular weight excluding hydrogens is 209 g/mol. The molecule has 0 amide bonds.